The Morgan fingerprint density at radius 3 is 1.33 bits per heavy atom. The van der Waals surface area contributed by atoms with Gasteiger partial charge in [-0.15, -0.1) is 11.6 Å². The summed E-state index contributed by atoms with van der Waals surface area (Å²) in [7, 11) is 0. The lowest BCUT2D eigenvalue weighted by Crippen LogP contribution is -2.33. The van der Waals surface area contributed by atoms with Crippen LogP contribution in [0.3, 0.4) is 0 Å². The zero-order chi connectivity index (χ0) is 60.4. The van der Waals surface area contributed by atoms with E-state index in [2.05, 4.69) is 87.2 Å². The van der Waals surface area contributed by atoms with Gasteiger partial charge in [0.1, 0.15) is 102 Å². The van der Waals surface area contributed by atoms with Crippen LogP contribution in [0, 0.1) is 28.1 Å². The number of hydrogen-bond acceptors (Lipinski definition) is 29. The van der Waals surface area contributed by atoms with E-state index in [9.17, 15) is 35.7 Å². The molecule has 0 radical (unpaired) electrons. The summed E-state index contributed by atoms with van der Waals surface area (Å²) in [5.74, 6) is -0.787. The smallest absolute Gasteiger partial charge is 0.373 e. The van der Waals surface area contributed by atoms with Crippen LogP contribution in [0.1, 0.15) is 50.1 Å². The van der Waals surface area contributed by atoms with E-state index in [-0.39, 0.29) is 46.7 Å². The van der Waals surface area contributed by atoms with Crippen LogP contribution in [0.25, 0.3) is 49.5 Å². The first kappa shape index (κ1) is 62.0. The molecule has 0 aromatic carbocycles. The molecule has 34 nitrogen and oxygen atoms in total. The van der Waals surface area contributed by atoms with Crippen LogP contribution >= 0.6 is 68.4 Å². The average molecular weight is 1440 g/mol. The third kappa shape index (κ3) is 11.7. The number of nitrogen functional groups attached to an aromatic ring is 1. The number of imidazole rings is 4. The minimum absolute atomic E-state index is 0.0338. The number of aliphatic hydroxyl groups excluding tert-OH is 10. The fourth-order valence-corrected chi connectivity index (χ4v) is 11.6. The molecule has 12 N–H and O–H groups in total. The van der Waals surface area contributed by atoms with E-state index < -0.39 is 112 Å². The van der Waals surface area contributed by atoms with Crippen molar-refractivity contribution in [2.45, 2.75) is 132 Å². The highest BCUT2D eigenvalue weighted by Gasteiger charge is 2.56. The fraction of sp³-hybridized carbons (Fsp3) is 0.543. The van der Waals surface area contributed by atoms with Gasteiger partial charge in [0.05, 0.1) is 51.1 Å². The Kier molecular flexibility index (Phi) is 18.4. The molecule has 38 heteroatoms. The largest absolute Gasteiger partial charge is 0.394 e. The second kappa shape index (κ2) is 24.9. The van der Waals surface area contributed by atoms with Crippen LogP contribution in [-0.2, 0) is 28.4 Å². The SMILES string of the molecule is Cc1nc(I)nc2c1ncn2[C@@H]1O[C@H](CO)[C@H]2OC(C)(C)O[C@H]21.Nc1nc(Cl)c2ncn([C@@H]3O[C@H](CO)[C@@H](O)[C@H]3O)c2n1.OC[C@H]1O[C@@H](n2cnc3c(Cl)nc(I)nc32)[C@H](O)[C@@H]1O.[C-]#[N+]c1nc(C)c2ncn([C@@H]3O[C@H](CO)[C@@H](O)[C@H]3O)c2n1. The Morgan fingerprint density at radius 1 is 0.512 bits per heavy atom. The molecule has 5 aliphatic heterocycles. The average Bonchev–Trinajstić information content (AvgIpc) is 2.27. The lowest BCUT2D eigenvalue weighted by atomic mass is 10.1. The molecular formula is C46H52Cl2I2N18O16. The van der Waals surface area contributed by atoms with Gasteiger partial charge in [-0.25, -0.2) is 39.9 Å². The minimum Gasteiger partial charge on any atom is -0.394 e. The number of aryl methyl sites for hydroxylation is 2. The third-order valence-electron chi connectivity index (χ3n) is 14.0. The summed E-state index contributed by atoms with van der Waals surface area (Å²) >= 11 is 15.9. The summed E-state index contributed by atoms with van der Waals surface area (Å²) in [6, 6.07) is 0. The molecule has 0 bridgehead atoms. The van der Waals surface area contributed by atoms with E-state index in [1.54, 1.807) is 13.3 Å². The van der Waals surface area contributed by atoms with Gasteiger partial charge in [0.25, 0.3) is 0 Å². The number of anilines is 1. The van der Waals surface area contributed by atoms with Crippen molar-refractivity contribution < 1.29 is 79.5 Å². The molecular weight excluding hydrogens is 1390 g/mol. The van der Waals surface area contributed by atoms with Crippen molar-refractivity contribution in [3.05, 3.63) is 66.1 Å². The van der Waals surface area contributed by atoms with E-state index in [1.165, 1.54) is 32.7 Å². The molecule has 13 rings (SSSR count). The molecule has 0 saturated carbocycles. The van der Waals surface area contributed by atoms with Crippen molar-refractivity contribution >= 4 is 125 Å². The van der Waals surface area contributed by atoms with Crippen LogP contribution in [0.4, 0.5) is 11.9 Å². The predicted molar refractivity (Wildman–Crippen MR) is 301 cm³/mol. The van der Waals surface area contributed by atoms with Crippen molar-refractivity contribution in [1.29, 1.82) is 0 Å². The number of nitrogens with two attached hydrogens (primary N) is 1. The maximum absolute atomic E-state index is 10.0. The molecule has 8 aromatic rings. The van der Waals surface area contributed by atoms with E-state index in [0.717, 1.165) is 11.2 Å². The second-order valence-electron chi connectivity index (χ2n) is 19.8. The topological polar surface area (TPSA) is 462 Å². The lowest BCUT2D eigenvalue weighted by Gasteiger charge is -2.24. The summed E-state index contributed by atoms with van der Waals surface area (Å²) in [6.45, 7) is 13.0. The molecule has 5 saturated heterocycles. The summed E-state index contributed by atoms with van der Waals surface area (Å²) in [4.78, 5) is 52.7. The third-order valence-corrected chi connectivity index (χ3v) is 15.4. The summed E-state index contributed by atoms with van der Waals surface area (Å²) in [6.07, 6.45) is -8.37. The monoisotopic (exact) mass is 1440 g/mol. The summed E-state index contributed by atoms with van der Waals surface area (Å²) in [5, 5.41) is 96.6. The Hall–Kier alpha value is -5.11. The fourth-order valence-electron chi connectivity index (χ4n) is 9.98. The molecule has 5 fully saturated rings. The summed E-state index contributed by atoms with van der Waals surface area (Å²) in [5.41, 5.74) is 10.5. The van der Waals surface area contributed by atoms with E-state index in [4.69, 9.17) is 79.2 Å². The highest BCUT2D eigenvalue weighted by atomic mass is 127. The van der Waals surface area contributed by atoms with Crippen LogP contribution in [-0.4, -0.2) is 235 Å². The molecule has 0 unspecified atom stereocenters. The molecule has 5 aliphatic rings. The zero-order valence-electron chi connectivity index (χ0n) is 44.0. The van der Waals surface area contributed by atoms with Crippen molar-refractivity contribution in [1.82, 2.24) is 78.1 Å². The number of fused-ring (bicyclic) bond motifs is 5. The van der Waals surface area contributed by atoms with Gasteiger partial charge >= 0.3 is 5.95 Å². The number of ether oxygens (including phenoxy) is 6. The van der Waals surface area contributed by atoms with Gasteiger partial charge in [0.15, 0.2) is 71.1 Å². The van der Waals surface area contributed by atoms with Crippen molar-refractivity contribution in [2.24, 2.45) is 0 Å². The maximum Gasteiger partial charge on any atom is 0.373 e. The highest BCUT2D eigenvalue weighted by molar-refractivity contribution is 14.1. The normalized spacial score (nSPS) is 30.5. The van der Waals surface area contributed by atoms with Gasteiger partial charge in [-0.3, -0.25) is 18.3 Å². The van der Waals surface area contributed by atoms with Crippen LogP contribution in [0.5, 0.6) is 0 Å². The standard InChI is InChI=1S/C14H17IN4O4.C12H13N5O4.C10H10ClIN4O4.C10H12ClN5O4/c1-6-8-11(18-13(15)17-6)19(5-16-8)12-10-9(7(4-20)21-12)22-14(2,3)23-10;1-5-7-10(16-12(13-2)15-5)17(4-14-7)11-9(20)8(19)6(3-18)21-11;2*11-7-4-8(15-10(12)14-7)16(2-13-4)9-6(19)5(18)3(1-17)20-9/h5,7,9-10,12,20H,4H2,1-3H3;4,6,8-9,11,18-20H,3H2,1H3;2-3,5-6,9,17-19H,1H2;2-3,5-6,9,17-19H,1H2,(H2,12,14,15)/t7-,9-,10-,12-;6-,8-,9-,11-;2*3-,5-,6-,9-/m1111/s1. The van der Waals surface area contributed by atoms with Gasteiger partial charge < -0.3 is 90.1 Å². The van der Waals surface area contributed by atoms with E-state index in [0.29, 0.717) is 46.8 Å². The summed E-state index contributed by atoms with van der Waals surface area (Å²) < 4.78 is 41.3. The number of halogens is 4. The van der Waals surface area contributed by atoms with Crippen LogP contribution in [0.2, 0.25) is 10.3 Å². The van der Waals surface area contributed by atoms with Crippen molar-refractivity contribution in [3.63, 3.8) is 0 Å². The zero-order valence-corrected chi connectivity index (χ0v) is 49.8. The molecule has 13 heterocycles. The number of aliphatic hydroxyl groups is 10. The predicted octanol–water partition coefficient (Wildman–Crippen LogP) is -1.18. The Balaban J connectivity index is 0.000000125. The minimum atomic E-state index is -1.24. The lowest BCUT2D eigenvalue weighted by molar-refractivity contribution is -0.199. The number of rotatable bonds is 8. The van der Waals surface area contributed by atoms with Gasteiger partial charge in [-0.2, -0.15) is 15.0 Å². The van der Waals surface area contributed by atoms with E-state index in [1.807, 2.05) is 47.9 Å². The second-order valence-corrected chi connectivity index (χ2v) is 22.4. The van der Waals surface area contributed by atoms with Gasteiger partial charge in [0.2, 0.25) is 11.6 Å². The molecule has 84 heavy (non-hydrogen) atoms. The van der Waals surface area contributed by atoms with Crippen LogP contribution in [0.15, 0.2) is 25.3 Å². The van der Waals surface area contributed by atoms with Crippen LogP contribution < -0.4 is 5.73 Å². The van der Waals surface area contributed by atoms with Gasteiger partial charge in [-0.1, -0.05) is 23.2 Å². The van der Waals surface area contributed by atoms with Crippen molar-refractivity contribution in [3.8, 4) is 0 Å². The van der Waals surface area contributed by atoms with E-state index >= 15 is 0 Å². The molecule has 0 spiro atoms. The maximum atomic E-state index is 10.0. The first-order chi connectivity index (χ1) is 40.0. The Labute approximate surface area is 509 Å². The first-order valence-electron chi connectivity index (χ1n) is 25.2. The molecule has 16 atom stereocenters. The molecule has 450 valence electrons. The molecule has 8 aromatic heterocycles. The van der Waals surface area contributed by atoms with Gasteiger partial charge in [-0.05, 0) is 27.7 Å². The van der Waals surface area contributed by atoms with Gasteiger partial charge in [0, 0.05) is 45.2 Å². The Bertz CT molecular complexity index is 3640. The molecule has 0 amide bonds. The number of aromatic nitrogens is 16. The molecule has 0 aliphatic carbocycles. The number of nitrogens with zero attached hydrogens (tertiary/aromatic N) is 17. The first-order valence-corrected chi connectivity index (χ1v) is 28.1. The quantitative estimate of drug-likeness (QED) is 0.0369. The number of hydrogen-bond donors (Lipinski definition) is 11. The van der Waals surface area contributed by atoms with Crippen molar-refractivity contribution in [2.75, 3.05) is 32.2 Å². The highest BCUT2D eigenvalue weighted by Crippen LogP contribution is 2.44. The Morgan fingerprint density at radius 2 is 0.881 bits per heavy atom.